The number of carbonyl (C=O) groups is 1. The summed E-state index contributed by atoms with van der Waals surface area (Å²) in [5.74, 6) is 0.484. The van der Waals surface area contributed by atoms with Crippen LogP contribution in [-0.4, -0.2) is 36.4 Å². The van der Waals surface area contributed by atoms with E-state index in [4.69, 9.17) is 4.74 Å². The molecule has 0 heterocycles. The molecule has 1 rings (SSSR count). The molecule has 0 amide bonds. The zero-order chi connectivity index (χ0) is 12.0. The van der Waals surface area contributed by atoms with Gasteiger partial charge in [-0.05, 0) is 38.5 Å². The van der Waals surface area contributed by atoms with Gasteiger partial charge in [0.05, 0.1) is 19.8 Å². The van der Waals surface area contributed by atoms with Gasteiger partial charge in [-0.2, -0.15) is 0 Å². The van der Waals surface area contributed by atoms with Gasteiger partial charge in [0, 0.05) is 5.54 Å². The maximum Gasteiger partial charge on any atom is 0.319 e. The number of aliphatic hydroxyl groups excluding tert-OH is 1. The van der Waals surface area contributed by atoms with Crippen molar-refractivity contribution in [1.82, 2.24) is 5.32 Å². The second kappa shape index (κ2) is 6.21. The van der Waals surface area contributed by atoms with Crippen molar-refractivity contribution in [2.24, 2.45) is 5.92 Å². The highest BCUT2D eigenvalue weighted by Gasteiger charge is 2.33. The Hall–Kier alpha value is -0.610. The van der Waals surface area contributed by atoms with Gasteiger partial charge in [-0.3, -0.25) is 10.1 Å². The number of nitrogens with one attached hydrogen (secondary N) is 1. The zero-order valence-electron chi connectivity index (χ0n) is 10.3. The topological polar surface area (TPSA) is 58.6 Å². The molecule has 0 aliphatic heterocycles. The average Bonchev–Trinajstić information content (AvgIpc) is 2.30. The number of esters is 1. The molecule has 0 bridgehead atoms. The second-order valence-electron chi connectivity index (χ2n) is 4.78. The Morgan fingerprint density at radius 1 is 1.50 bits per heavy atom. The summed E-state index contributed by atoms with van der Waals surface area (Å²) in [6, 6.07) is 0. The first kappa shape index (κ1) is 13.5. The Kier molecular flexibility index (Phi) is 5.22. The van der Waals surface area contributed by atoms with Crippen molar-refractivity contribution >= 4 is 5.97 Å². The van der Waals surface area contributed by atoms with Gasteiger partial charge in [0.2, 0.25) is 0 Å². The molecule has 1 saturated carbocycles. The molecular weight excluding hydrogens is 206 g/mol. The van der Waals surface area contributed by atoms with E-state index in [1.54, 1.807) is 6.92 Å². The van der Waals surface area contributed by atoms with E-state index in [0.717, 1.165) is 31.6 Å². The van der Waals surface area contributed by atoms with E-state index in [2.05, 4.69) is 12.2 Å². The molecule has 0 spiro atoms. The Bertz CT molecular complexity index is 222. The third-order valence-corrected chi connectivity index (χ3v) is 3.45. The minimum Gasteiger partial charge on any atom is -0.465 e. The Morgan fingerprint density at radius 2 is 2.12 bits per heavy atom. The Labute approximate surface area is 97.4 Å². The van der Waals surface area contributed by atoms with Crippen LogP contribution >= 0.6 is 0 Å². The number of hydrogen-bond donors (Lipinski definition) is 2. The zero-order valence-corrected chi connectivity index (χ0v) is 10.3. The standard InChI is InChI=1S/C12H23NO3/c1-3-16-11(15)8-13-12(9-14)6-4-10(2)5-7-12/h10,13-14H,3-9H2,1-2H3. The summed E-state index contributed by atoms with van der Waals surface area (Å²) in [6.07, 6.45) is 4.08. The lowest BCUT2D eigenvalue weighted by atomic mass is 9.77. The predicted octanol–water partition coefficient (Wildman–Crippen LogP) is 1.08. The molecule has 0 saturated heterocycles. The molecule has 0 atom stereocenters. The normalized spacial score (nSPS) is 30.1. The van der Waals surface area contributed by atoms with E-state index in [0.29, 0.717) is 6.61 Å². The summed E-state index contributed by atoms with van der Waals surface area (Å²) in [4.78, 5) is 11.2. The monoisotopic (exact) mass is 229 g/mol. The smallest absolute Gasteiger partial charge is 0.319 e. The second-order valence-corrected chi connectivity index (χ2v) is 4.78. The molecule has 4 nitrogen and oxygen atoms in total. The lowest BCUT2D eigenvalue weighted by molar-refractivity contribution is -0.142. The lowest BCUT2D eigenvalue weighted by Crippen LogP contribution is -2.52. The van der Waals surface area contributed by atoms with E-state index in [9.17, 15) is 9.90 Å². The van der Waals surface area contributed by atoms with Gasteiger partial charge in [-0.25, -0.2) is 0 Å². The summed E-state index contributed by atoms with van der Waals surface area (Å²) in [5, 5.41) is 12.6. The van der Waals surface area contributed by atoms with Gasteiger partial charge in [0.15, 0.2) is 0 Å². The van der Waals surface area contributed by atoms with Crippen LogP contribution in [0.5, 0.6) is 0 Å². The van der Waals surface area contributed by atoms with Crippen LogP contribution in [0.25, 0.3) is 0 Å². The van der Waals surface area contributed by atoms with Gasteiger partial charge in [-0.1, -0.05) is 6.92 Å². The highest BCUT2D eigenvalue weighted by molar-refractivity contribution is 5.71. The summed E-state index contributed by atoms with van der Waals surface area (Å²) < 4.78 is 4.86. The van der Waals surface area contributed by atoms with E-state index >= 15 is 0 Å². The number of carbonyl (C=O) groups excluding carboxylic acids is 1. The van der Waals surface area contributed by atoms with Crippen molar-refractivity contribution < 1.29 is 14.6 Å². The van der Waals surface area contributed by atoms with Crippen molar-refractivity contribution in [2.75, 3.05) is 19.8 Å². The summed E-state index contributed by atoms with van der Waals surface area (Å²) in [7, 11) is 0. The van der Waals surface area contributed by atoms with Crippen molar-refractivity contribution in [3.8, 4) is 0 Å². The molecule has 2 N–H and O–H groups in total. The molecular formula is C12H23NO3. The average molecular weight is 229 g/mol. The summed E-state index contributed by atoms with van der Waals surface area (Å²) in [5.41, 5.74) is -0.265. The maximum absolute atomic E-state index is 11.2. The Balaban J connectivity index is 2.39. The number of aliphatic hydroxyl groups is 1. The predicted molar refractivity (Wildman–Crippen MR) is 62.1 cm³/mol. The fourth-order valence-corrected chi connectivity index (χ4v) is 2.18. The molecule has 94 valence electrons. The fourth-order valence-electron chi connectivity index (χ4n) is 2.18. The van der Waals surface area contributed by atoms with Crippen molar-refractivity contribution in [1.29, 1.82) is 0 Å². The summed E-state index contributed by atoms with van der Waals surface area (Å²) >= 11 is 0. The van der Waals surface area contributed by atoms with Gasteiger partial charge < -0.3 is 9.84 Å². The van der Waals surface area contributed by atoms with Gasteiger partial charge >= 0.3 is 5.97 Å². The first-order valence-corrected chi connectivity index (χ1v) is 6.13. The third-order valence-electron chi connectivity index (χ3n) is 3.45. The number of hydrogen-bond acceptors (Lipinski definition) is 4. The Morgan fingerprint density at radius 3 is 2.62 bits per heavy atom. The maximum atomic E-state index is 11.2. The minimum absolute atomic E-state index is 0.0964. The quantitative estimate of drug-likeness (QED) is 0.693. The van der Waals surface area contributed by atoms with Crippen LogP contribution in [0.3, 0.4) is 0 Å². The third kappa shape index (κ3) is 3.76. The molecule has 0 radical (unpaired) electrons. The van der Waals surface area contributed by atoms with E-state index in [1.807, 2.05) is 0 Å². The molecule has 4 heteroatoms. The van der Waals surface area contributed by atoms with Gasteiger partial charge in [-0.15, -0.1) is 0 Å². The van der Waals surface area contributed by atoms with E-state index in [-0.39, 0.29) is 24.7 Å². The van der Waals surface area contributed by atoms with Crippen molar-refractivity contribution in [3.63, 3.8) is 0 Å². The van der Waals surface area contributed by atoms with Crippen LogP contribution in [0.2, 0.25) is 0 Å². The first-order valence-electron chi connectivity index (χ1n) is 6.13. The van der Waals surface area contributed by atoms with Gasteiger partial charge in [0.1, 0.15) is 0 Å². The van der Waals surface area contributed by atoms with E-state index in [1.165, 1.54) is 0 Å². The summed E-state index contributed by atoms with van der Waals surface area (Å²) in [6.45, 7) is 4.72. The fraction of sp³-hybridized carbons (Fsp3) is 0.917. The first-order chi connectivity index (χ1) is 7.62. The van der Waals surface area contributed by atoms with E-state index < -0.39 is 0 Å². The number of ether oxygens (including phenoxy) is 1. The van der Waals surface area contributed by atoms with Gasteiger partial charge in [0.25, 0.3) is 0 Å². The highest BCUT2D eigenvalue weighted by Crippen LogP contribution is 2.31. The lowest BCUT2D eigenvalue weighted by Gasteiger charge is -2.38. The molecule has 16 heavy (non-hydrogen) atoms. The van der Waals surface area contributed by atoms with Crippen LogP contribution in [-0.2, 0) is 9.53 Å². The largest absolute Gasteiger partial charge is 0.465 e. The van der Waals surface area contributed by atoms with Crippen molar-refractivity contribution in [3.05, 3.63) is 0 Å². The minimum atomic E-state index is -0.265. The van der Waals surface area contributed by atoms with Crippen molar-refractivity contribution in [2.45, 2.75) is 45.1 Å². The van der Waals surface area contributed by atoms with Crippen LogP contribution in [0.1, 0.15) is 39.5 Å². The van der Waals surface area contributed by atoms with Crippen LogP contribution in [0, 0.1) is 5.92 Å². The SMILES string of the molecule is CCOC(=O)CNC1(CO)CCC(C)CC1. The molecule has 1 aliphatic carbocycles. The number of rotatable bonds is 5. The molecule has 0 aromatic heterocycles. The van der Waals surface area contributed by atoms with Crippen LogP contribution < -0.4 is 5.32 Å². The van der Waals surface area contributed by atoms with Crippen LogP contribution in [0.4, 0.5) is 0 Å². The molecule has 1 fully saturated rings. The van der Waals surface area contributed by atoms with Crippen LogP contribution in [0.15, 0.2) is 0 Å². The molecule has 0 aromatic rings. The highest BCUT2D eigenvalue weighted by atomic mass is 16.5. The molecule has 0 aromatic carbocycles. The molecule has 0 unspecified atom stereocenters. The molecule has 1 aliphatic rings.